The number of hydrogen-bond donors (Lipinski definition) is 0. The Morgan fingerprint density at radius 3 is 1.16 bits per heavy atom. The van der Waals surface area contributed by atoms with Gasteiger partial charge in [0.25, 0.3) is 0 Å². The van der Waals surface area contributed by atoms with Gasteiger partial charge in [-0.25, -0.2) is 0 Å². The van der Waals surface area contributed by atoms with Crippen LogP contribution in [0.2, 0.25) is 0 Å². The Kier molecular flexibility index (Phi) is 15.8. The van der Waals surface area contributed by atoms with Crippen LogP contribution in [0, 0.1) is 0 Å². The molecule has 8 nitrogen and oxygen atoms in total. The molecular formula is C34H30BaO8. The summed E-state index contributed by atoms with van der Waals surface area (Å²) in [7, 11) is 2.58. The first-order chi connectivity index (χ1) is 20.4. The van der Waals surface area contributed by atoms with Gasteiger partial charge in [-0.2, -0.15) is 0 Å². The van der Waals surface area contributed by atoms with E-state index >= 15 is 0 Å². The van der Waals surface area contributed by atoms with Crippen molar-refractivity contribution in [3.8, 4) is 11.5 Å². The van der Waals surface area contributed by atoms with Gasteiger partial charge < -0.3 is 38.7 Å². The monoisotopic (exact) mass is 704 g/mol. The van der Waals surface area contributed by atoms with Crippen LogP contribution in [0.25, 0.3) is 12.2 Å². The third-order valence-electron chi connectivity index (χ3n) is 5.69. The summed E-state index contributed by atoms with van der Waals surface area (Å²) in [5.41, 5.74) is 3.56. The number of methoxy groups -OCH3 is 2. The molecule has 0 heterocycles. The number of carbonyl (C=O) groups is 2. The van der Waals surface area contributed by atoms with E-state index in [1.54, 1.807) is 48.5 Å². The minimum Gasteiger partial charge on any atom is -0.542 e. The summed E-state index contributed by atoms with van der Waals surface area (Å²) in [4.78, 5) is 21.5. The molecule has 0 aromatic heterocycles. The van der Waals surface area contributed by atoms with Crippen molar-refractivity contribution >= 4 is 73.0 Å². The van der Waals surface area contributed by atoms with Gasteiger partial charge in [0.2, 0.25) is 0 Å². The van der Waals surface area contributed by atoms with Gasteiger partial charge in [0.1, 0.15) is 48.2 Å². The number of carbonyl (C=O) groups excluding carboxylic acids is 2. The second-order valence-electron chi connectivity index (χ2n) is 8.69. The molecule has 4 aromatic rings. The molecule has 0 spiro atoms. The zero-order valence-electron chi connectivity index (χ0n) is 23.9. The van der Waals surface area contributed by atoms with Crippen molar-refractivity contribution in [2.24, 2.45) is 0 Å². The molecule has 0 radical (unpaired) electrons. The van der Waals surface area contributed by atoms with E-state index in [-0.39, 0.29) is 60.4 Å². The Balaban J connectivity index is 0.000000293. The number of ether oxygens (including phenoxy) is 4. The van der Waals surface area contributed by atoms with Gasteiger partial charge in [0, 0.05) is 0 Å². The van der Waals surface area contributed by atoms with Gasteiger partial charge in [-0.1, -0.05) is 84.9 Å². The smallest absolute Gasteiger partial charge is 0.542 e. The average Bonchev–Trinajstić information content (AvgIpc) is 3.02. The summed E-state index contributed by atoms with van der Waals surface area (Å²) >= 11 is 0. The van der Waals surface area contributed by atoms with Crippen LogP contribution in [-0.2, 0) is 32.3 Å². The molecule has 0 amide bonds. The molecule has 4 rings (SSSR count). The van der Waals surface area contributed by atoms with Crippen LogP contribution in [0.3, 0.4) is 0 Å². The van der Waals surface area contributed by atoms with Crippen LogP contribution in [-0.4, -0.2) is 75.0 Å². The molecule has 0 unspecified atom stereocenters. The van der Waals surface area contributed by atoms with Crippen molar-refractivity contribution in [1.82, 2.24) is 0 Å². The number of carboxylic acid groups (broad SMARTS) is 2. The van der Waals surface area contributed by atoms with Crippen LogP contribution < -0.4 is 19.7 Å². The average molecular weight is 704 g/mol. The molecule has 4 aromatic carbocycles. The largest absolute Gasteiger partial charge is 2.00 e. The fourth-order valence-corrected chi connectivity index (χ4v) is 3.51. The standard InChI is InChI=1S/2C17H16O4.Ba/c2*1-20-16(17(18)19)11-13-7-9-15(10-8-13)21-12-14-5-3-2-4-6-14;/h2*2-11H,12H2,1H3,(H,18,19);/q;;+2/p-2. The molecule has 0 atom stereocenters. The van der Waals surface area contributed by atoms with Gasteiger partial charge in [0.15, 0.2) is 0 Å². The molecule has 0 saturated heterocycles. The van der Waals surface area contributed by atoms with E-state index in [1.165, 1.54) is 26.4 Å². The van der Waals surface area contributed by atoms with Crippen LogP contribution >= 0.6 is 0 Å². The molecule has 0 bridgehead atoms. The number of carboxylic acids is 2. The quantitative estimate of drug-likeness (QED) is 0.125. The predicted molar refractivity (Wildman–Crippen MR) is 160 cm³/mol. The fourth-order valence-electron chi connectivity index (χ4n) is 3.51. The van der Waals surface area contributed by atoms with E-state index in [0.717, 1.165) is 11.1 Å². The molecule has 216 valence electrons. The first kappa shape index (κ1) is 35.3. The van der Waals surface area contributed by atoms with Crippen molar-refractivity contribution < 1.29 is 38.7 Å². The summed E-state index contributed by atoms with van der Waals surface area (Å²) < 4.78 is 20.7. The van der Waals surface area contributed by atoms with Crippen LogP contribution in [0.5, 0.6) is 11.5 Å². The van der Waals surface area contributed by atoms with Crippen LogP contribution in [0.15, 0.2) is 121 Å². The first-order valence-electron chi connectivity index (χ1n) is 12.9. The maximum Gasteiger partial charge on any atom is 2.00 e. The zero-order valence-corrected chi connectivity index (χ0v) is 28.4. The first-order valence-corrected chi connectivity index (χ1v) is 12.9. The number of hydrogen-bond acceptors (Lipinski definition) is 8. The summed E-state index contributed by atoms with van der Waals surface area (Å²) in [5.74, 6) is -1.70. The second-order valence-corrected chi connectivity index (χ2v) is 8.69. The summed E-state index contributed by atoms with van der Waals surface area (Å²) in [6.45, 7) is 0.969. The summed E-state index contributed by atoms with van der Waals surface area (Å²) in [6.07, 6.45) is 2.80. The van der Waals surface area contributed by atoms with Crippen molar-refractivity contribution in [1.29, 1.82) is 0 Å². The molecule has 0 saturated carbocycles. The van der Waals surface area contributed by atoms with Gasteiger partial charge >= 0.3 is 48.9 Å². The second kappa shape index (κ2) is 19.3. The molecule has 43 heavy (non-hydrogen) atoms. The normalized spacial score (nSPS) is 10.7. The molecular weight excluding hydrogens is 674 g/mol. The Morgan fingerprint density at radius 2 is 0.884 bits per heavy atom. The Morgan fingerprint density at radius 1 is 0.558 bits per heavy atom. The Bertz CT molecular complexity index is 1350. The van der Waals surface area contributed by atoms with Crippen molar-refractivity contribution in [3.05, 3.63) is 143 Å². The number of aliphatic carboxylic acids is 2. The van der Waals surface area contributed by atoms with Crippen molar-refractivity contribution in [3.63, 3.8) is 0 Å². The molecule has 0 N–H and O–H groups in total. The van der Waals surface area contributed by atoms with E-state index in [4.69, 9.17) is 18.9 Å². The molecule has 0 fully saturated rings. The fraction of sp³-hybridized carbons (Fsp3) is 0.118. The zero-order chi connectivity index (χ0) is 30.2. The van der Waals surface area contributed by atoms with E-state index in [2.05, 4.69) is 0 Å². The van der Waals surface area contributed by atoms with E-state index in [1.807, 2.05) is 60.7 Å². The van der Waals surface area contributed by atoms with Gasteiger partial charge in [-0.15, -0.1) is 0 Å². The Hall–Kier alpha value is -3.93. The summed E-state index contributed by atoms with van der Waals surface area (Å²) in [6, 6.07) is 33.8. The molecule has 0 aliphatic rings. The van der Waals surface area contributed by atoms with Crippen LogP contribution in [0.4, 0.5) is 0 Å². The van der Waals surface area contributed by atoms with Crippen LogP contribution in [0.1, 0.15) is 22.3 Å². The minimum absolute atomic E-state index is 0. The van der Waals surface area contributed by atoms with E-state index in [9.17, 15) is 19.8 Å². The molecule has 9 heteroatoms. The SMILES string of the molecule is COC(=Cc1ccc(OCc2ccccc2)cc1)C(=O)[O-].COC(=Cc1ccc(OCc2ccccc2)cc1)C(=O)[O-].[Ba+2]. The van der Waals surface area contributed by atoms with Crippen molar-refractivity contribution in [2.45, 2.75) is 13.2 Å². The van der Waals surface area contributed by atoms with Crippen molar-refractivity contribution in [2.75, 3.05) is 14.2 Å². The third-order valence-corrected chi connectivity index (χ3v) is 5.69. The van der Waals surface area contributed by atoms with Gasteiger partial charge in [0.05, 0.1) is 14.2 Å². The third kappa shape index (κ3) is 12.9. The number of benzene rings is 4. The molecule has 0 aliphatic carbocycles. The topological polar surface area (TPSA) is 117 Å². The summed E-state index contributed by atoms with van der Waals surface area (Å²) in [5, 5.41) is 21.5. The molecule has 0 aliphatic heterocycles. The maximum absolute atomic E-state index is 10.7. The van der Waals surface area contributed by atoms with Gasteiger partial charge in [-0.05, 0) is 58.7 Å². The van der Waals surface area contributed by atoms with E-state index in [0.29, 0.717) is 35.8 Å². The maximum atomic E-state index is 10.7. The van der Waals surface area contributed by atoms with Gasteiger partial charge in [-0.3, -0.25) is 0 Å². The minimum atomic E-state index is -1.35. The van der Waals surface area contributed by atoms with E-state index < -0.39 is 11.9 Å². The predicted octanol–water partition coefficient (Wildman–Crippen LogP) is 3.62. The Labute approximate surface area is 291 Å². The number of rotatable bonds is 12.